The van der Waals surface area contributed by atoms with E-state index < -0.39 is 5.97 Å². The highest BCUT2D eigenvalue weighted by molar-refractivity contribution is 7.14. The minimum atomic E-state index is -0.564. The second kappa shape index (κ2) is 9.88. The highest BCUT2D eigenvalue weighted by atomic mass is 32.1. The average Bonchev–Trinajstić information content (AvgIpc) is 3.41. The van der Waals surface area contributed by atoms with E-state index in [4.69, 9.17) is 14.2 Å². The van der Waals surface area contributed by atoms with Crippen molar-refractivity contribution in [3.63, 3.8) is 0 Å². The Labute approximate surface area is 201 Å². The molecule has 1 aliphatic heterocycles. The van der Waals surface area contributed by atoms with Gasteiger partial charge in [0.05, 0.1) is 24.6 Å². The molecule has 3 aromatic rings. The third-order valence-electron chi connectivity index (χ3n) is 4.72. The van der Waals surface area contributed by atoms with Crippen molar-refractivity contribution < 1.29 is 23.8 Å². The number of rotatable bonds is 7. The first-order chi connectivity index (χ1) is 16.3. The molecule has 0 aliphatic carbocycles. The lowest BCUT2D eigenvalue weighted by atomic mass is 10.2. The molecule has 0 fully saturated rings. The van der Waals surface area contributed by atoms with Gasteiger partial charge in [-0.05, 0) is 68.5 Å². The van der Waals surface area contributed by atoms with Gasteiger partial charge < -0.3 is 14.2 Å². The second-order valence-electron chi connectivity index (χ2n) is 7.63. The van der Waals surface area contributed by atoms with Crippen LogP contribution in [0.2, 0.25) is 0 Å². The van der Waals surface area contributed by atoms with Crippen molar-refractivity contribution in [3.05, 3.63) is 70.9 Å². The Kier molecular flexibility index (Phi) is 6.74. The number of aliphatic imine (C=N–C) groups is 1. The second-order valence-corrected chi connectivity index (χ2v) is 8.47. The summed E-state index contributed by atoms with van der Waals surface area (Å²) in [6.07, 6.45) is 1.60. The van der Waals surface area contributed by atoms with Gasteiger partial charge in [0.1, 0.15) is 11.5 Å². The van der Waals surface area contributed by atoms with E-state index in [9.17, 15) is 9.59 Å². The number of esters is 1. The SMILES string of the molecule is COc1ccc(N(C(C)=O)c2nc(/C=C3\N=C(c4ccc(OC(C)C)cc4)OC3=O)cs2)cc1. The molecule has 0 bridgehead atoms. The maximum atomic E-state index is 12.4. The molecule has 34 heavy (non-hydrogen) atoms. The Hall–Kier alpha value is -3.98. The number of ether oxygens (including phenoxy) is 3. The lowest BCUT2D eigenvalue weighted by Crippen LogP contribution is -2.22. The first-order valence-corrected chi connectivity index (χ1v) is 11.4. The summed E-state index contributed by atoms with van der Waals surface area (Å²) in [4.78, 5) is 35.0. The molecule has 9 heteroatoms. The van der Waals surface area contributed by atoms with E-state index in [2.05, 4.69) is 9.98 Å². The van der Waals surface area contributed by atoms with Crippen LogP contribution in [0, 0.1) is 0 Å². The van der Waals surface area contributed by atoms with Crippen molar-refractivity contribution in [1.29, 1.82) is 0 Å². The fourth-order valence-electron chi connectivity index (χ4n) is 3.22. The largest absolute Gasteiger partial charge is 0.497 e. The molecule has 8 nitrogen and oxygen atoms in total. The summed E-state index contributed by atoms with van der Waals surface area (Å²) in [5, 5.41) is 2.22. The predicted molar refractivity (Wildman–Crippen MR) is 131 cm³/mol. The van der Waals surface area contributed by atoms with Gasteiger partial charge in [0.15, 0.2) is 10.8 Å². The fraction of sp³-hybridized carbons (Fsp3) is 0.200. The van der Waals surface area contributed by atoms with E-state index in [0.29, 0.717) is 27.8 Å². The van der Waals surface area contributed by atoms with Crippen LogP contribution in [-0.4, -0.2) is 36.0 Å². The molecule has 2 heterocycles. The van der Waals surface area contributed by atoms with Crippen LogP contribution in [0.3, 0.4) is 0 Å². The number of cyclic esters (lactones) is 1. The van der Waals surface area contributed by atoms with Gasteiger partial charge in [-0.15, -0.1) is 11.3 Å². The topological polar surface area (TPSA) is 90.3 Å². The summed E-state index contributed by atoms with van der Waals surface area (Å²) in [6, 6.07) is 14.3. The zero-order chi connectivity index (χ0) is 24.2. The number of nitrogens with zero attached hydrogens (tertiary/aromatic N) is 3. The number of benzene rings is 2. The molecule has 174 valence electrons. The normalized spacial score (nSPS) is 14.2. The van der Waals surface area contributed by atoms with Crippen LogP contribution in [-0.2, 0) is 14.3 Å². The molecular formula is C25H23N3O5S. The van der Waals surface area contributed by atoms with Crippen LogP contribution in [0.15, 0.2) is 64.6 Å². The monoisotopic (exact) mass is 477 g/mol. The number of aromatic nitrogens is 1. The van der Waals surface area contributed by atoms with Crippen molar-refractivity contribution in [3.8, 4) is 11.5 Å². The van der Waals surface area contributed by atoms with Crippen molar-refractivity contribution in [2.45, 2.75) is 26.9 Å². The van der Waals surface area contributed by atoms with Crippen LogP contribution >= 0.6 is 11.3 Å². The number of carbonyl (C=O) groups excluding carboxylic acids is 2. The van der Waals surface area contributed by atoms with Gasteiger partial charge in [0.2, 0.25) is 11.8 Å². The predicted octanol–water partition coefficient (Wildman–Crippen LogP) is 4.97. The Bertz CT molecular complexity index is 1260. The zero-order valence-electron chi connectivity index (χ0n) is 19.1. The molecule has 0 saturated heterocycles. The van der Waals surface area contributed by atoms with E-state index in [1.807, 2.05) is 13.8 Å². The standard InChI is InChI=1S/C25H23N3O5S/c1-15(2)32-21-9-5-17(6-10-21)23-27-22(24(30)33-23)13-18-14-34-25(26-18)28(16(3)29)19-7-11-20(31-4)12-8-19/h5-15H,1-4H3/b22-13-. The van der Waals surface area contributed by atoms with Gasteiger partial charge in [-0.2, -0.15) is 0 Å². The molecule has 0 unspecified atom stereocenters. The van der Waals surface area contributed by atoms with Gasteiger partial charge in [-0.25, -0.2) is 14.8 Å². The van der Waals surface area contributed by atoms with E-state index in [1.54, 1.807) is 61.0 Å². The quantitative estimate of drug-likeness (QED) is 0.353. The van der Waals surface area contributed by atoms with Crippen molar-refractivity contribution in [1.82, 2.24) is 4.98 Å². The van der Waals surface area contributed by atoms with Crippen molar-refractivity contribution in [2.75, 3.05) is 12.0 Å². The van der Waals surface area contributed by atoms with Gasteiger partial charge in [0.25, 0.3) is 0 Å². The lowest BCUT2D eigenvalue weighted by Gasteiger charge is -2.18. The van der Waals surface area contributed by atoms with E-state index in [0.717, 1.165) is 5.75 Å². The van der Waals surface area contributed by atoms with Crippen molar-refractivity contribution in [2.24, 2.45) is 4.99 Å². The highest BCUT2D eigenvalue weighted by Crippen LogP contribution is 2.31. The van der Waals surface area contributed by atoms with Crippen LogP contribution < -0.4 is 14.4 Å². The molecule has 0 radical (unpaired) electrons. The first kappa shape index (κ1) is 23.2. The molecule has 1 aliphatic rings. The van der Waals surface area contributed by atoms with Crippen LogP contribution in [0.5, 0.6) is 11.5 Å². The number of methoxy groups -OCH3 is 1. The van der Waals surface area contributed by atoms with Gasteiger partial charge in [-0.1, -0.05) is 0 Å². The molecule has 2 aromatic carbocycles. The van der Waals surface area contributed by atoms with Gasteiger partial charge in [0, 0.05) is 17.9 Å². The maximum absolute atomic E-state index is 12.4. The Morgan fingerprint density at radius 2 is 1.76 bits per heavy atom. The molecule has 1 aromatic heterocycles. The molecule has 0 spiro atoms. The Morgan fingerprint density at radius 3 is 2.38 bits per heavy atom. The lowest BCUT2D eigenvalue weighted by molar-refractivity contribution is -0.130. The van der Waals surface area contributed by atoms with Crippen LogP contribution in [0.4, 0.5) is 10.8 Å². The fourth-order valence-corrected chi connectivity index (χ4v) is 4.07. The molecule has 0 atom stereocenters. The average molecular weight is 478 g/mol. The summed E-state index contributed by atoms with van der Waals surface area (Å²) in [5.41, 5.74) is 1.95. The summed E-state index contributed by atoms with van der Waals surface area (Å²) in [6.45, 7) is 5.36. The number of amides is 1. The number of carbonyl (C=O) groups is 2. The molecule has 1 amide bonds. The minimum absolute atomic E-state index is 0.0636. The molecule has 4 rings (SSSR count). The first-order valence-electron chi connectivity index (χ1n) is 10.5. The summed E-state index contributed by atoms with van der Waals surface area (Å²) >= 11 is 1.28. The summed E-state index contributed by atoms with van der Waals surface area (Å²) in [7, 11) is 1.58. The number of hydrogen-bond donors (Lipinski definition) is 0. The molecule has 0 saturated carbocycles. The number of anilines is 2. The highest BCUT2D eigenvalue weighted by Gasteiger charge is 2.25. The van der Waals surface area contributed by atoms with Crippen LogP contribution in [0.25, 0.3) is 6.08 Å². The summed E-state index contributed by atoms with van der Waals surface area (Å²) < 4.78 is 16.2. The van der Waals surface area contributed by atoms with Crippen LogP contribution in [0.1, 0.15) is 32.0 Å². The third-order valence-corrected chi connectivity index (χ3v) is 5.57. The zero-order valence-corrected chi connectivity index (χ0v) is 20.0. The summed E-state index contributed by atoms with van der Waals surface area (Å²) in [5.74, 6) is 0.870. The van der Waals surface area contributed by atoms with E-state index in [1.165, 1.54) is 29.2 Å². The Balaban J connectivity index is 1.56. The molecular weight excluding hydrogens is 454 g/mol. The van der Waals surface area contributed by atoms with Gasteiger partial charge in [-0.3, -0.25) is 9.69 Å². The van der Waals surface area contributed by atoms with Gasteiger partial charge >= 0.3 is 5.97 Å². The third kappa shape index (κ3) is 5.15. The van der Waals surface area contributed by atoms with E-state index in [-0.39, 0.29) is 23.6 Å². The van der Waals surface area contributed by atoms with Crippen molar-refractivity contribution >= 4 is 46.0 Å². The smallest absolute Gasteiger partial charge is 0.363 e. The number of thiazole rings is 1. The minimum Gasteiger partial charge on any atom is -0.497 e. The Morgan fingerprint density at radius 1 is 1.09 bits per heavy atom. The number of hydrogen-bond acceptors (Lipinski definition) is 8. The molecule has 0 N–H and O–H groups in total. The maximum Gasteiger partial charge on any atom is 0.363 e. The van der Waals surface area contributed by atoms with E-state index >= 15 is 0 Å².